The van der Waals surface area contributed by atoms with Gasteiger partial charge in [-0.05, 0) is 71.5 Å². The molecule has 4 atom stereocenters. The molecule has 1 saturated carbocycles. The Bertz CT molecular complexity index is 826. The third kappa shape index (κ3) is 4.88. The largest absolute Gasteiger partial charge is 0.490 e. The van der Waals surface area contributed by atoms with Crippen molar-refractivity contribution in [1.82, 2.24) is 14.7 Å². The van der Waals surface area contributed by atoms with E-state index in [-0.39, 0.29) is 18.2 Å². The Balaban J connectivity index is 1.27. The zero-order valence-electron chi connectivity index (χ0n) is 19.6. The smallest absolute Gasteiger partial charge is 0.321 e. The molecule has 0 aromatic heterocycles. The van der Waals surface area contributed by atoms with Crippen LogP contribution in [0.2, 0.25) is 0 Å². The minimum Gasteiger partial charge on any atom is -0.490 e. The first-order valence-corrected chi connectivity index (χ1v) is 11.8. The SMILES string of the molecule is CN(C)C[C@@H]1C[C@@H]2CN(C(=O)Nc3ccc(OC4CC4)cc3)CC3OC(C)(C)OC3CN21. The average molecular weight is 445 g/mol. The van der Waals surface area contributed by atoms with Gasteiger partial charge in [0.05, 0.1) is 12.6 Å². The van der Waals surface area contributed by atoms with Gasteiger partial charge in [0.15, 0.2) is 5.79 Å². The molecule has 5 rings (SSSR count). The molecule has 4 fully saturated rings. The van der Waals surface area contributed by atoms with Gasteiger partial charge in [-0.25, -0.2) is 4.79 Å². The molecule has 1 aromatic carbocycles. The first-order chi connectivity index (χ1) is 15.3. The maximum absolute atomic E-state index is 13.3. The molecule has 0 spiro atoms. The van der Waals surface area contributed by atoms with Crippen LogP contribution >= 0.6 is 0 Å². The Morgan fingerprint density at radius 2 is 1.81 bits per heavy atom. The lowest BCUT2D eigenvalue weighted by molar-refractivity contribution is -0.149. The van der Waals surface area contributed by atoms with Crippen LogP contribution in [-0.2, 0) is 9.47 Å². The number of benzene rings is 1. The normalized spacial score (nSPS) is 31.8. The summed E-state index contributed by atoms with van der Waals surface area (Å²) < 4.78 is 18.3. The second-order valence-corrected chi connectivity index (χ2v) is 10.4. The van der Waals surface area contributed by atoms with Gasteiger partial charge in [0, 0.05) is 37.4 Å². The highest BCUT2D eigenvalue weighted by Gasteiger charge is 2.49. The van der Waals surface area contributed by atoms with Gasteiger partial charge in [-0.15, -0.1) is 0 Å². The van der Waals surface area contributed by atoms with Gasteiger partial charge in [0.1, 0.15) is 18.0 Å². The van der Waals surface area contributed by atoms with Crippen molar-refractivity contribution in [2.24, 2.45) is 0 Å². The Labute approximate surface area is 190 Å². The van der Waals surface area contributed by atoms with E-state index in [9.17, 15) is 4.79 Å². The third-order valence-corrected chi connectivity index (χ3v) is 6.79. The summed E-state index contributed by atoms with van der Waals surface area (Å²) in [6.07, 6.45) is 3.55. The van der Waals surface area contributed by atoms with Crippen molar-refractivity contribution < 1.29 is 19.0 Å². The molecule has 32 heavy (non-hydrogen) atoms. The van der Waals surface area contributed by atoms with Crippen molar-refractivity contribution in [1.29, 1.82) is 0 Å². The molecule has 0 bridgehead atoms. The molecule has 8 nitrogen and oxygen atoms in total. The Morgan fingerprint density at radius 3 is 2.47 bits per heavy atom. The molecule has 1 N–H and O–H groups in total. The molecule has 2 unspecified atom stereocenters. The van der Waals surface area contributed by atoms with E-state index in [2.05, 4.69) is 29.2 Å². The van der Waals surface area contributed by atoms with Crippen LogP contribution < -0.4 is 10.1 Å². The topological polar surface area (TPSA) is 66.5 Å². The monoisotopic (exact) mass is 444 g/mol. The van der Waals surface area contributed by atoms with E-state index < -0.39 is 5.79 Å². The number of ether oxygens (including phenoxy) is 3. The maximum Gasteiger partial charge on any atom is 0.321 e. The fraction of sp³-hybridized carbons (Fsp3) is 0.708. The number of likely N-dealkylation sites (N-methyl/N-ethyl adjacent to an activating group) is 1. The van der Waals surface area contributed by atoms with Crippen LogP contribution in [0.1, 0.15) is 33.1 Å². The number of nitrogens with zero attached hydrogens (tertiary/aromatic N) is 3. The number of anilines is 1. The number of nitrogens with one attached hydrogen (secondary N) is 1. The third-order valence-electron chi connectivity index (χ3n) is 6.79. The summed E-state index contributed by atoms with van der Waals surface area (Å²) in [6, 6.07) is 8.41. The summed E-state index contributed by atoms with van der Waals surface area (Å²) in [5.41, 5.74) is 0.775. The number of carbonyl (C=O) groups is 1. The van der Waals surface area contributed by atoms with Crippen LogP contribution in [0.5, 0.6) is 5.75 Å². The lowest BCUT2D eigenvalue weighted by Crippen LogP contribution is -2.67. The van der Waals surface area contributed by atoms with Crippen LogP contribution in [-0.4, -0.2) is 97.2 Å². The van der Waals surface area contributed by atoms with E-state index >= 15 is 0 Å². The molecule has 3 saturated heterocycles. The fourth-order valence-corrected chi connectivity index (χ4v) is 5.16. The fourth-order valence-electron chi connectivity index (χ4n) is 5.16. The zero-order valence-corrected chi connectivity index (χ0v) is 19.6. The van der Waals surface area contributed by atoms with Crippen LogP contribution in [0.15, 0.2) is 24.3 Å². The molecule has 176 valence electrons. The van der Waals surface area contributed by atoms with Crippen molar-refractivity contribution in [3.8, 4) is 5.75 Å². The number of fused-ring (bicyclic) bond motifs is 2. The van der Waals surface area contributed by atoms with E-state index in [0.29, 0.717) is 31.3 Å². The van der Waals surface area contributed by atoms with E-state index in [0.717, 1.165) is 43.8 Å². The van der Waals surface area contributed by atoms with Gasteiger partial charge >= 0.3 is 6.03 Å². The predicted octanol–water partition coefficient (Wildman–Crippen LogP) is 2.60. The van der Waals surface area contributed by atoms with E-state index in [1.54, 1.807) is 0 Å². The van der Waals surface area contributed by atoms with Crippen molar-refractivity contribution >= 4 is 11.7 Å². The number of hydrogen-bond donors (Lipinski definition) is 1. The Kier molecular flexibility index (Phi) is 5.82. The predicted molar refractivity (Wildman–Crippen MR) is 122 cm³/mol. The highest BCUT2D eigenvalue weighted by Crippen LogP contribution is 2.36. The average Bonchev–Trinajstić information content (AvgIpc) is 3.47. The van der Waals surface area contributed by atoms with Gasteiger partial charge < -0.3 is 29.3 Å². The lowest BCUT2D eigenvalue weighted by Gasteiger charge is -2.53. The quantitative estimate of drug-likeness (QED) is 0.753. The highest BCUT2D eigenvalue weighted by molar-refractivity contribution is 5.89. The maximum atomic E-state index is 13.3. The number of rotatable bonds is 5. The van der Waals surface area contributed by atoms with Gasteiger partial charge in [0.2, 0.25) is 0 Å². The summed E-state index contributed by atoms with van der Waals surface area (Å²) in [5, 5.41) is 3.07. The zero-order chi connectivity index (χ0) is 22.5. The van der Waals surface area contributed by atoms with Crippen molar-refractivity contribution in [2.75, 3.05) is 45.6 Å². The van der Waals surface area contributed by atoms with Gasteiger partial charge in [-0.1, -0.05) is 0 Å². The summed E-state index contributed by atoms with van der Waals surface area (Å²) in [6.45, 7) is 7.02. The molecular formula is C24H36N4O4. The summed E-state index contributed by atoms with van der Waals surface area (Å²) in [7, 11) is 4.22. The van der Waals surface area contributed by atoms with Crippen molar-refractivity contribution in [3.63, 3.8) is 0 Å². The summed E-state index contributed by atoms with van der Waals surface area (Å²) in [5.74, 6) is 0.228. The molecule has 2 amide bonds. The molecule has 0 radical (unpaired) electrons. The molecule has 3 heterocycles. The molecule has 1 aromatic rings. The van der Waals surface area contributed by atoms with E-state index in [4.69, 9.17) is 14.2 Å². The molecule has 3 aliphatic heterocycles. The lowest BCUT2D eigenvalue weighted by atomic mass is 9.89. The number of amides is 2. The van der Waals surface area contributed by atoms with Gasteiger partial charge in [-0.3, -0.25) is 4.90 Å². The minimum atomic E-state index is -0.628. The van der Waals surface area contributed by atoms with Crippen LogP contribution in [0.25, 0.3) is 0 Å². The van der Waals surface area contributed by atoms with Crippen LogP contribution in [0, 0.1) is 0 Å². The number of carbonyl (C=O) groups excluding carboxylic acids is 1. The summed E-state index contributed by atoms with van der Waals surface area (Å²) in [4.78, 5) is 19.9. The van der Waals surface area contributed by atoms with Crippen molar-refractivity contribution in [2.45, 2.75) is 69.3 Å². The molecule has 8 heteroatoms. The van der Waals surface area contributed by atoms with Crippen molar-refractivity contribution in [3.05, 3.63) is 24.3 Å². The van der Waals surface area contributed by atoms with E-state index in [1.165, 1.54) is 0 Å². The molecule has 1 aliphatic carbocycles. The number of urea groups is 1. The first kappa shape index (κ1) is 21.9. The van der Waals surface area contributed by atoms with Crippen LogP contribution in [0.3, 0.4) is 0 Å². The van der Waals surface area contributed by atoms with Gasteiger partial charge in [0.25, 0.3) is 0 Å². The second kappa shape index (κ2) is 8.48. The second-order valence-electron chi connectivity index (χ2n) is 10.4. The highest BCUT2D eigenvalue weighted by atomic mass is 16.8. The standard InChI is InChI=1S/C24H36N4O4/c1-24(2)31-21-14-27(13-18-11-17(12-26(3)4)28(18)15-22(21)32-24)23(29)25-16-5-7-19(8-6-16)30-20-9-10-20/h5-8,17-18,20-22H,9-15H2,1-4H3,(H,25,29)/t17-,18+,21?,22?/m0/s1. The van der Waals surface area contributed by atoms with Gasteiger partial charge in [-0.2, -0.15) is 0 Å². The number of hydrogen-bond acceptors (Lipinski definition) is 6. The summed E-state index contributed by atoms with van der Waals surface area (Å²) >= 11 is 0. The molecular weight excluding hydrogens is 408 g/mol. The molecule has 4 aliphatic rings. The van der Waals surface area contributed by atoms with Crippen LogP contribution in [0.4, 0.5) is 10.5 Å². The minimum absolute atomic E-state index is 0.0353. The Hall–Kier alpha value is -1.87. The Morgan fingerprint density at radius 1 is 1.12 bits per heavy atom. The van der Waals surface area contributed by atoms with E-state index in [1.807, 2.05) is 43.0 Å². The first-order valence-electron chi connectivity index (χ1n) is 11.8.